The lowest BCUT2D eigenvalue weighted by atomic mass is 10.1. The van der Waals surface area contributed by atoms with E-state index in [4.69, 9.17) is 17.7 Å². The van der Waals surface area contributed by atoms with Gasteiger partial charge in [0.2, 0.25) is 0 Å². The summed E-state index contributed by atoms with van der Waals surface area (Å²) in [5, 5.41) is 4.43. The molecule has 0 aromatic rings. The summed E-state index contributed by atoms with van der Waals surface area (Å²) in [6.45, 7) is 25.1. The van der Waals surface area contributed by atoms with Gasteiger partial charge in [-0.05, 0) is 97.2 Å². The number of nitrogens with one attached hydrogen (secondary N) is 1. The number of hydrogen-bond acceptors (Lipinski definition) is 6. The van der Waals surface area contributed by atoms with E-state index in [1.165, 1.54) is 64.3 Å². The van der Waals surface area contributed by atoms with Crippen molar-refractivity contribution in [3.63, 3.8) is 0 Å². The quantitative estimate of drug-likeness (QED) is 0.115. The third-order valence-electron chi connectivity index (χ3n) is 7.08. The Morgan fingerprint density at radius 3 is 1.80 bits per heavy atom. The number of nitrogens with zero attached hydrogens (tertiary/aromatic N) is 1. The Labute approximate surface area is 223 Å². The zero-order valence-electron chi connectivity index (χ0n) is 24.9. The van der Waals surface area contributed by atoms with Gasteiger partial charge in [-0.1, -0.05) is 46.0 Å². The van der Waals surface area contributed by atoms with E-state index in [0.29, 0.717) is 5.16 Å². The second-order valence-corrected chi connectivity index (χ2v) is 19.5. The van der Waals surface area contributed by atoms with Crippen LogP contribution in [0.4, 0.5) is 0 Å². The molecule has 9 heteroatoms. The Morgan fingerprint density at radius 2 is 1.26 bits per heavy atom. The Morgan fingerprint density at radius 1 is 0.714 bits per heavy atom. The van der Waals surface area contributed by atoms with Crippen LogP contribution in [0.1, 0.15) is 86.5 Å². The fourth-order valence-corrected chi connectivity index (χ4v) is 14.5. The molecule has 0 aromatic heterocycles. The van der Waals surface area contributed by atoms with Gasteiger partial charge in [0, 0.05) is 35.9 Å². The zero-order chi connectivity index (χ0) is 26.4. The van der Waals surface area contributed by atoms with Crippen molar-refractivity contribution in [2.45, 2.75) is 111 Å². The van der Waals surface area contributed by atoms with E-state index in [0.717, 1.165) is 45.4 Å². The van der Waals surface area contributed by atoms with Gasteiger partial charge in [-0.2, -0.15) is 0 Å². The molecular weight excluding hydrogens is 489 g/mol. The maximum absolute atomic E-state index is 6.35. The first-order chi connectivity index (χ1) is 16.8. The highest BCUT2D eigenvalue weighted by atomic mass is 28.4. The predicted octanol–water partition coefficient (Wildman–Crippen LogP) is 5.39. The van der Waals surface area contributed by atoms with Gasteiger partial charge in [0.1, 0.15) is 0 Å². The molecule has 0 fully saturated rings. The molecule has 0 aliphatic carbocycles. The molecule has 0 rings (SSSR count). The van der Waals surface area contributed by atoms with Crippen LogP contribution in [0.25, 0.3) is 0 Å². The van der Waals surface area contributed by atoms with Gasteiger partial charge in [0.25, 0.3) is 0 Å². The summed E-state index contributed by atoms with van der Waals surface area (Å²) < 4.78 is 24.7. The normalized spacial score (nSPS) is 14.0. The average molecular weight is 551 g/mol. The summed E-state index contributed by atoms with van der Waals surface area (Å²) in [4.78, 5) is 2.53. The first-order valence-electron chi connectivity index (χ1n) is 14.8. The molecule has 1 N–H and O–H groups in total. The molecule has 0 heterocycles. The standard InChI is InChI=1S/C26H62N2O4Si3/c1-9-28(10-2)23-19-17-15-16-18-21-26(35(8,31-13-5)32-14-6)33-25-27-22-20-24-34(7,29-11-3)30-12-4/h26-27H,9-25,33H2,1-8H3. The Balaban J connectivity index is 4.51. The summed E-state index contributed by atoms with van der Waals surface area (Å²) in [5.41, 5.74) is 0. The van der Waals surface area contributed by atoms with Crippen molar-refractivity contribution in [1.29, 1.82) is 0 Å². The van der Waals surface area contributed by atoms with Crippen molar-refractivity contribution in [1.82, 2.24) is 10.2 Å². The van der Waals surface area contributed by atoms with E-state index < -0.39 is 17.1 Å². The molecule has 0 radical (unpaired) electrons. The van der Waals surface area contributed by atoms with Crippen LogP contribution in [0.5, 0.6) is 0 Å². The molecule has 35 heavy (non-hydrogen) atoms. The second-order valence-electron chi connectivity index (χ2n) is 9.80. The van der Waals surface area contributed by atoms with Crippen LogP contribution >= 0.6 is 0 Å². The minimum atomic E-state index is -2.12. The Hall–Kier alpha value is 0.411. The van der Waals surface area contributed by atoms with Gasteiger partial charge in [-0.15, -0.1) is 0 Å². The molecule has 0 bridgehead atoms. The summed E-state index contributed by atoms with van der Waals surface area (Å²) >= 11 is 0. The summed E-state index contributed by atoms with van der Waals surface area (Å²) in [6.07, 6.45) is 10.3. The van der Waals surface area contributed by atoms with E-state index in [2.05, 4.69) is 64.9 Å². The van der Waals surface area contributed by atoms with Crippen molar-refractivity contribution in [2.24, 2.45) is 0 Å². The molecule has 0 saturated carbocycles. The third kappa shape index (κ3) is 16.8. The fraction of sp³-hybridized carbons (Fsp3) is 1.00. The van der Waals surface area contributed by atoms with Gasteiger partial charge in [0.15, 0.2) is 0 Å². The largest absolute Gasteiger partial charge is 0.395 e. The third-order valence-corrected chi connectivity index (χ3v) is 18.5. The van der Waals surface area contributed by atoms with Crippen molar-refractivity contribution >= 4 is 26.6 Å². The van der Waals surface area contributed by atoms with Crippen LogP contribution in [-0.4, -0.2) is 90.3 Å². The maximum Gasteiger partial charge on any atom is 0.334 e. The topological polar surface area (TPSA) is 52.2 Å². The SMILES string of the molecule is CCO[Si](C)(CCCNC[SiH2]C(CCCCCCCN(CC)CC)[Si](C)(OCC)OCC)OCC. The molecule has 0 aromatic carbocycles. The Kier molecular flexibility index (Phi) is 22.7. The van der Waals surface area contributed by atoms with E-state index in [-0.39, 0.29) is 9.52 Å². The maximum atomic E-state index is 6.35. The molecule has 6 nitrogen and oxygen atoms in total. The second kappa shape index (κ2) is 22.4. The molecule has 0 saturated heterocycles. The molecule has 0 spiro atoms. The summed E-state index contributed by atoms with van der Waals surface area (Å²) in [7, 11) is -4.43. The lowest BCUT2D eigenvalue weighted by Gasteiger charge is -2.34. The molecular formula is C26H62N2O4Si3. The van der Waals surface area contributed by atoms with Crippen LogP contribution in [0.3, 0.4) is 0 Å². The summed E-state index contributed by atoms with van der Waals surface area (Å²) in [6, 6.07) is 1.06. The van der Waals surface area contributed by atoms with Gasteiger partial charge < -0.3 is 27.9 Å². The number of hydrogen-bond donors (Lipinski definition) is 1. The molecule has 1 unspecified atom stereocenters. The first-order valence-corrected chi connectivity index (χ1v) is 21.6. The van der Waals surface area contributed by atoms with Gasteiger partial charge >= 0.3 is 17.1 Å². The lowest BCUT2D eigenvalue weighted by Crippen LogP contribution is -2.48. The molecule has 0 aliphatic heterocycles. The minimum absolute atomic E-state index is 0.319. The number of rotatable bonds is 26. The van der Waals surface area contributed by atoms with E-state index in [1.807, 2.05) is 0 Å². The van der Waals surface area contributed by atoms with Crippen molar-refractivity contribution in [2.75, 3.05) is 58.8 Å². The fourth-order valence-electron chi connectivity index (χ4n) is 5.05. The van der Waals surface area contributed by atoms with Crippen LogP contribution in [0.2, 0.25) is 24.3 Å². The van der Waals surface area contributed by atoms with Crippen LogP contribution in [-0.2, 0) is 17.7 Å². The van der Waals surface area contributed by atoms with Crippen LogP contribution < -0.4 is 5.32 Å². The van der Waals surface area contributed by atoms with E-state index in [1.54, 1.807) is 0 Å². The Bertz CT molecular complexity index is 462. The highest BCUT2D eigenvalue weighted by Crippen LogP contribution is 2.29. The van der Waals surface area contributed by atoms with E-state index in [9.17, 15) is 0 Å². The monoisotopic (exact) mass is 550 g/mol. The van der Waals surface area contributed by atoms with Gasteiger partial charge in [-0.25, -0.2) is 0 Å². The number of unbranched alkanes of at least 4 members (excludes halogenated alkanes) is 4. The van der Waals surface area contributed by atoms with Crippen molar-refractivity contribution in [3.8, 4) is 0 Å². The van der Waals surface area contributed by atoms with Gasteiger partial charge in [-0.3, -0.25) is 0 Å². The first kappa shape index (κ1) is 35.4. The molecule has 1 atom stereocenters. The summed E-state index contributed by atoms with van der Waals surface area (Å²) in [5.74, 6) is 0. The van der Waals surface area contributed by atoms with Gasteiger partial charge in [0.05, 0.1) is 0 Å². The lowest BCUT2D eigenvalue weighted by molar-refractivity contribution is 0.184. The highest BCUT2D eigenvalue weighted by molar-refractivity contribution is 6.77. The highest BCUT2D eigenvalue weighted by Gasteiger charge is 2.40. The minimum Gasteiger partial charge on any atom is -0.395 e. The van der Waals surface area contributed by atoms with Crippen molar-refractivity contribution < 1.29 is 17.7 Å². The zero-order valence-corrected chi connectivity index (χ0v) is 28.3. The van der Waals surface area contributed by atoms with Crippen molar-refractivity contribution in [3.05, 3.63) is 0 Å². The molecule has 0 aliphatic rings. The molecule has 0 amide bonds. The smallest absolute Gasteiger partial charge is 0.334 e. The molecule has 212 valence electrons. The van der Waals surface area contributed by atoms with Crippen LogP contribution in [0, 0.1) is 0 Å². The predicted molar refractivity (Wildman–Crippen MR) is 160 cm³/mol. The van der Waals surface area contributed by atoms with E-state index >= 15 is 0 Å². The van der Waals surface area contributed by atoms with Crippen LogP contribution in [0.15, 0.2) is 0 Å². The average Bonchev–Trinajstić information content (AvgIpc) is 2.82.